The third-order valence-corrected chi connectivity index (χ3v) is 7.29. The summed E-state index contributed by atoms with van der Waals surface area (Å²) in [7, 11) is 0. The Morgan fingerprint density at radius 3 is 2.79 bits per heavy atom. The molecule has 174 valence electrons. The van der Waals surface area contributed by atoms with Crippen molar-refractivity contribution in [2.24, 2.45) is 0 Å². The molecule has 0 fully saturated rings. The summed E-state index contributed by atoms with van der Waals surface area (Å²) in [5, 5.41) is 14.4. The third-order valence-electron chi connectivity index (χ3n) is 6.16. The maximum Gasteiger partial charge on any atom is 0.246 e. The summed E-state index contributed by atoms with van der Waals surface area (Å²) in [4.78, 5) is 28.0. The topological polar surface area (TPSA) is 81.6 Å². The average Bonchev–Trinajstić information content (AvgIpc) is 3.24. The fourth-order valence-electron chi connectivity index (χ4n) is 4.20. The van der Waals surface area contributed by atoms with Crippen LogP contribution in [-0.2, 0) is 17.8 Å². The number of likely N-dealkylation sites (N-methyl/N-ethyl adjacent to an activating group) is 1. The zero-order chi connectivity index (χ0) is 23.2. The van der Waals surface area contributed by atoms with Gasteiger partial charge in [-0.2, -0.15) is 0 Å². The Hall–Kier alpha value is -2.81. The monoisotopic (exact) mass is 465 g/mol. The SMILES string of the molecule is CCN(CC)CC=CC(=O)N1CCc2c(sc3ncnc(N[C@H](CO)c4ccccc4)c23)C1. The zero-order valence-electron chi connectivity index (χ0n) is 19.2. The molecule has 3 heterocycles. The van der Waals surface area contributed by atoms with E-state index in [1.807, 2.05) is 41.3 Å². The number of rotatable bonds is 9. The second-order valence-corrected chi connectivity index (χ2v) is 9.18. The molecule has 0 unspecified atom stereocenters. The van der Waals surface area contributed by atoms with E-state index in [1.54, 1.807) is 23.7 Å². The van der Waals surface area contributed by atoms with Gasteiger partial charge >= 0.3 is 0 Å². The molecule has 0 saturated heterocycles. The quantitative estimate of drug-likeness (QED) is 0.470. The van der Waals surface area contributed by atoms with Crippen LogP contribution in [0.15, 0.2) is 48.8 Å². The number of amides is 1. The van der Waals surface area contributed by atoms with Crippen molar-refractivity contribution in [2.75, 3.05) is 38.1 Å². The molecule has 0 radical (unpaired) electrons. The first-order valence-corrected chi connectivity index (χ1v) is 12.3. The second kappa shape index (κ2) is 10.9. The fraction of sp³-hybridized carbons (Fsp3) is 0.400. The molecule has 8 heteroatoms. The molecule has 1 aromatic carbocycles. The summed E-state index contributed by atoms with van der Waals surface area (Å²) in [6.07, 6.45) is 5.99. The van der Waals surface area contributed by atoms with Gasteiger partial charge in [0, 0.05) is 24.0 Å². The summed E-state index contributed by atoms with van der Waals surface area (Å²) in [5.74, 6) is 0.790. The first kappa shape index (κ1) is 23.4. The van der Waals surface area contributed by atoms with Crippen molar-refractivity contribution in [3.05, 3.63) is 64.8 Å². The van der Waals surface area contributed by atoms with Crippen LogP contribution in [0.4, 0.5) is 5.82 Å². The van der Waals surface area contributed by atoms with Crippen LogP contribution in [-0.4, -0.2) is 63.6 Å². The molecule has 3 aromatic rings. The maximum absolute atomic E-state index is 12.7. The van der Waals surface area contributed by atoms with Crippen molar-refractivity contribution in [1.29, 1.82) is 0 Å². The number of hydrogen-bond acceptors (Lipinski definition) is 7. The molecule has 7 nitrogen and oxygen atoms in total. The smallest absolute Gasteiger partial charge is 0.246 e. The Morgan fingerprint density at radius 1 is 1.27 bits per heavy atom. The molecule has 0 spiro atoms. The molecular weight excluding hydrogens is 434 g/mol. The Labute approximate surface area is 198 Å². The minimum Gasteiger partial charge on any atom is -0.394 e. The lowest BCUT2D eigenvalue weighted by Crippen LogP contribution is -2.34. The van der Waals surface area contributed by atoms with Gasteiger partial charge in [0.2, 0.25) is 5.91 Å². The predicted octanol–water partition coefficient (Wildman–Crippen LogP) is 3.62. The van der Waals surface area contributed by atoms with E-state index in [9.17, 15) is 9.90 Å². The van der Waals surface area contributed by atoms with Gasteiger partial charge in [0.15, 0.2) is 0 Å². The number of aromatic nitrogens is 2. The second-order valence-electron chi connectivity index (χ2n) is 8.09. The first-order valence-electron chi connectivity index (χ1n) is 11.5. The number of nitrogens with zero attached hydrogens (tertiary/aromatic N) is 4. The number of fused-ring (bicyclic) bond motifs is 3. The van der Waals surface area contributed by atoms with E-state index < -0.39 is 0 Å². The number of anilines is 1. The summed E-state index contributed by atoms with van der Waals surface area (Å²) >= 11 is 1.62. The van der Waals surface area contributed by atoms with Crippen LogP contribution in [0.1, 0.15) is 35.9 Å². The Morgan fingerprint density at radius 2 is 2.06 bits per heavy atom. The molecule has 0 saturated carbocycles. The van der Waals surface area contributed by atoms with Crippen LogP contribution in [0.5, 0.6) is 0 Å². The van der Waals surface area contributed by atoms with Gasteiger partial charge in [0.05, 0.1) is 24.6 Å². The highest BCUT2D eigenvalue weighted by atomic mass is 32.1. The molecule has 1 atom stereocenters. The number of thiophene rings is 1. The lowest BCUT2D eigenvalue weighted by molar-refractivity contribution is -0.126. The van der Waals surface area contributed by atoms with E-state index in [-0.39, 0.29) is 18.6 Å². The Kier molecular flexibility index (Phi) is 7.69. The zero-order valence-corrected chi connectivity index (χ0v) is 20.0. The van der Waals surface area contributed by atoms with Crippen LogP contribution in [0, 0.1) is 0 Å². The number of hydrogen-bond donors (Lipinski definition) is 2. The van der Waals surface area contributed by atoms with Crippen molar-refractivity contribution in [2.45, 2.75) is 32.9 Å². The van der Waals surface area contributed by atoms with Crippen LogP contribution in [0.2, 0.25) is 0 Å². The molecule has 1 aliphatic heterocycles. The third kappa shape index (κ3) is 5.24. The van der Waals surface area contributed by atoms with Gasteiger partial charge < -0.3 is 20.2 Å². The predicted molar refractivity (Wildman–Crippen MR) is 133 cm³/mol. The maximum atomic E-state index is 12.7. The number of aliphatic hydroxyl groups is 1. The summed E-state index contributed by atoms with van der Waals surface area (Å²) in [6.45, 7) is 8.22. The van der Waals surface area contributed by atoms with Gasteiger partial charge in [-0.25, -0.2) is 9.97 Å². The highest BCUT2D eigenvalue weighted by Gasteiger charge is 2.26. The van der Waals surface area contributed by atoms with Crippen molar-refractivity contribution in [3.63, 3.8) is 0 Å². The van der Waals surface area contributed by atoms with Crippen LogP contribution in [0.3, 0.4) is 0 Å². The van der Waals surface area contributed by atoms with E-state index in [0.717, 1.165) is 52.5 Å². The van der Waals surface area contributed by atoms with Crippen molar-refractivity contribution >= 4 is 33.3 Å². The number of nitrogens with one attached hydrogen (secondary N) is 1. The Balaban J connectivity index is 1.52. The van der Waals surface area contributed by atoms with Crippen molar-refractivity contribution in [1.82, 2.24) is 19.8 Å². The fourth-order valence-corrected chi connectivity index (χ4v) is 5.40. The van der Waals surface area contributed by atoms with Gasteiger partial charge in [0.25, 0.3) is 0 Å². The molecule has 2 aromatic heterocycles. The number of aliphatic hydroxyl groups excluding tert-OH is 1. The summed E-state index contributed by atoms with van der Waals surface area (Å²) in [5.41, 5.74) is 2.21. The van der Waals surface area contributed by atoms with E-state index in [0.29, 0.717) is 13.1 Å². The van der Waals surface area contributed by atoms with Gasteiger partial charge in [-0.15, -0.1) is 11.3 Å². The number of carbonyl (C=O) groups excluding carboxylic acids is 1. The normalized spacial score (nSPS) is 14.7. The number of benzene rings is 1. The van der Waals surface area contributed by atoms with Crippen LogP contribution in [0.25, 0.3) is 10.2 Å². The molecule has 0 bridgehead atoms. The largest absolute Gasteiger partial charge is 0.394 e. The van der Waals surface area contributed by atoms with E-state index >= 15 is 0 Å². The van der Waals surface area contributed by atoms with Gasteiger partial charge in [-0.1, -0.05) is 50.3 Å². The molecule has 1 amide bonds. The van der Waals surface area contributed by atoms with E-state index in [4.69, 9.17) is 0 Å². The lowest BCUT2D eigenvalue weighted by Gasteiger charge is -2.26. The van der Waals surface area contributed by atoms with Crippen LogP contribution < -0.4 is 5.32 Å². The molecule has 4 rings (SSSR count). The Bertz CT molecular complexity index is 1110. The molecule has 2 N–H and O–H groups in total. The van der Waals surface area contributed by atoms with Crippen molar-refractivity contribution < 1.29 is 9.90 Å². The lowest BCUT2D eigenvalue weighted by atomic mass is 10.0. The summed E-state index contributed by atoms with van der Waals surface area (Å²) < 4.78 is 0. The van der Waals surface area contributed by atoms with Crippen molar-refractivity contribution in [3.8, 4) is 0 Å². The minimum absolute atomic E-state index is 0.0378. The standard InChI is InChI=1S/C25H31N5O2S/c1-3-29(4-2)13-8-11-22(32)30-14-12-19-21(15-30)33-25-23(19)24(26-17-27-25)28-20(16-31)18-9-6-5-7-10-18/h5-11,17,20,31H,3-4,12-16H2,1-2H3,(H,26,27,28)/t20-/m1/s1. The van der Waals surface area contributed by atoms with Crippen LogP contribution >= 0.6 is 11.3 Å². The van der Waals surface area contributed by atoms with Gasteiger partial charge in [0.1, 0.15) is 17.0 Å². The average molecular weight is 466 g/mol. The van der Waals surface area contributed by atoms with E-state index in [2.05, 4.69) is 34.0 Å². The minimum atomic E-state index is -0.252. The molecule has 1 aliphatic rings. The molecule has 33 heavy (non-hydrogen) atoms. The van der Waals surface area contributed by atoms with Gasteiger partial charge in [-0.05, 0) is 30.6 Å². The summed E-state index contributed by atoms with van der Waals surface area (Å²) in [6, 6.07) is 9.62. The molecule has 0 aliphatic carbocycles. The number of carbonyl (C=O) groups is 1. The highest BCUT2D eigenvalue weighted by molar-refractivity contribution is 7.19. The highest BCUT2D eigenvalue weighted by Crippen LogP contribution is 2.38. The van der Waals surface area contributed by atoms with E-state index in [1.165, 1.54) is 5.56 Å². The first-order chi connectivity index (χ1) is 16.1. The van der Waals surface area contributed by atoms with Gasteiger partial charge in [-0.3, -0.25) is 4.79 Å². The molecular formula is C25H31N5O2S.